The predicted molar refractivity (Wildman–Crippen MR) is 90.9 cm³/mol. The third kappa shape index (κ3) is 5.43. The molecule has 1 aromatic rings. The molecule has 0 radical (unpaired) electrons. The minimum absolute atomic E-state index is 0.0589. The van der Waals surface area contributed by atoms with E-state index in [1.807, 2.05) is 0 Å². The molecule has 23 heavy (non-hydrogen) atoms. The summed E-state index contributed by atoms with van der Waals surface area (Å²) in [6.45, 7) is 0.126. The van der Waals surface area contributed by atoms with Gasteiger partial charge in [-0.1, -0.05) is 37.3 Å². The van der Waals surface area contributed by atoms with E-state index in [4.69, 9.17) is 11.6 Å². The number of anilines is 1. The van der Waals surface area contributed by atoms with Crippen LogP contribution in [0.15, 0.2) is 18.2 Å². The number of benzene rings is 1. The summed E-state index contributed by atoms with van der Waals surface area (Å²) >= 11 is 6.09. The van der Waals surface area contributed by atoms with Crippen LogP contribution in [0.25, 0.3) is 0 Å². The number of ether oxygens (including phenoxy) is 1. The van der Waals surface area contributed by atoms with Crippen molar-refractivity contribution >= 4 is 29.2 Å². The van der Waals surface area contributed by atoms with Crippen LogP contribution in [-0.2, 0) is 9.53 Å². The van der Waals surface area contributed by atoms with E-state index in [1.54, 1.807) is 18.2 Å². The van der Waals surface area contributed by atoms with Crippen LogP contribution >= 0.6 is 11.6 Å². The molecule has 1 saturated carbocycles. The molecule has 1 fully saturated rings. The van der Waals surface area contributed by atoms with Gasteiger partial charge in [-0.2, -0.15) is 0 Å². The molecule has 126 valence electrons. The lowest BCUT2D eigenvalue weighted by molar-refractivity contribution is -0.120. The van der Waals surface area contributed by atoms with Gasteiger partial charge in [0.1, 0.15) is 0 Å². The van der Waals surface area contributed by atoms with Gasteiger partial charge in [-0.05, 0) is 31.0 Å². The smallest absolute Gasteiger partial charge is 0.337 e. The van der Waals surface area contributed by atoms with E-state index in [2.05, 4.69) is 15.4 Å². The fourth-order valence-electron chi connectivity index (χ4n) is 2.78. The second kappa shape index (κ2) is 8.77. The number of carbonyl (C=O) groups is 2. The first kappa shape index (κ1) is 17.6. The lowest BCUT2D eigenvalue weighted by atomic mass is 10.1. The Bertz CT molecular complexity index is 555. The van der Waals surface area contributed by atoms with Crippen molar-refractivity contribution in [1.82, 2.24) is 5.32 Å². The predicted octanol–water partition coefficient (Wildman–Crippen LogP) is 3.38. The molecule has 0 spiro atoms. The van der Waals surface area contributed by atoms with Crippen molar-refractivity contribution in [3.63, 3.8) is 0 Å². The minimum atomic E-state index is -0.437. The molecule has 1 aliphatic carbocycles. The zero-order chi connectivity index (χ0) is 16.7. The lowest BCUT2D eigenvalue weighted by Crippen LogP contribution is -2.38. The Balaban J connectivity index is 1.89. The number of hydrogen-bond acceptors (Lipinski definition) is 4. The first-order valence-corrected chi connectivity index (χ1v) is 8.39. The van der Waals surface area contributed by atoms with E-state index in [0.29, 0.717) is 16.3 Å². The van der Waals surface area contributed by atoms with Crippen molar-refractivity contribution in [1.29, 1.82) is 0 Å². The van der Waals surface area contributed by atoms with Gasteiger partial charge in [0, 0.05) is 6.04 Å². The van der Waals surface area contributed by atoms with Crippen LogP contribution in [0, 0.1) is 0 Å². The Hall–Kier alpha value is -1.75. The fraction of sp³-hybridized carbons (Fsp3) is 0.529. The van der Waals surface area contributed by atoms with Gasteiger partial charge in [-0.3, -0.25) is 4.79 Å². The van der Waals surface area contributed by atoms with Crippen LogP contribution in [-0.4, -0.2) is 31.6 Å². The maximum atomic E-state index is 12.1. The average Bonchev–Trinajstić information content (AvgIpc) is 2.82. The van der Waals surface area contributed by atoms with Crippen LogP contribution < -0.4 is 10.6 Å². The number of hydrogen-bond donors (Lipinski definition) is 2. The molecule has 5 nitrogen and oxygen atoms in total. The topological polar surface area (TPSA) is 67.4 Å². The van der Waals surface area contributed by atoms with Crippen LogP contribution in [0.3, 0.4) is 0 Å². The van der Waals surface area contributed by atoms with Gasteiger partial charge in [0.25, 0.3) is 0 Å². The largest absolute Gasteiger partial charge is 0.465 e. The number of esters is 1. The van der Waals surface area contributed by atoms with Gasteiger partial charge in [-0.25, -0.2) is 4.79 Å². The van der Waals surface area contributed by atoms with E-state index in [-0.39, 0.29) is 18.5 Å². The Morgan fingerprint density at radius 2 is 1.91 bits per heavy atom. The molecule has 6 heteroatoms. The highest BCUT2D eigenvalue weighted by atomic mass is 35.5. The molecule has 1 amide bonds. The molecule has 0 aliphatic heterocycles. The Morgan fingerprint density at radius 3 is 2.57 bits per heavy atom. The van der Waals surface area contributed by atoms with Crippen molar-refractivity contribution in [2.75, 3.05) is 19.0 Å². The SMILES string of the molecule is COC(=O)c1ccc(Cl)c(NCC(=O)NC2CCCCCC2)c1. The molecule has 0 bridgehead atoms. The lowest BCUT2D eigenvalue weighted by Gasteiger charge is -2.17. The van der Waals surface area contributed by atoms with Gasteiger partial charge < -0.3 is 15.4 Å². The molecular formula is C17H23ClN2O3. The number of carbonyl (C=O) groups excluding carboxylic acids is 2. The molecule has 1 aromatic carbocycles. The molecule has 0 aromatic heterocycles. The van der Waals surface area contributed by atoms with Crippen LogP contribution in [0.4, 0.5) is 5.69 Å². The van der Waals surface area contributed by atoms with E-state index in [0.717, 1.165) is 12.8 Å². The number of methoxy groups -OCH3 is 1. The van der Waals surface area contributed by atoms with Gasteiger partial charge >= 0.3 is 5.97 Å². The zero-order valence-corrected chi connectivity index (χ0v) is 14.1. The van der Waals surface area contributed by atoms with Gasteiger partial charge in [0.15, 0.2) is 0 Å². The number of nitrogens with one attached hydrogen (secondary N) is 2. The highest BCUT2D eigenvalue weighted by molar-refractivity contribution is 6.33. The highest BCUT2D eigenvalue weighted by Gasteiger charge is 2.15. The van der Waals surface area contributed by atoms with E-state index >= 15 is 0 Å². The summed E-state index contributed by atoms with van der Waals surface area (Å²) < 4.78 is 4.68. The van der Waals surface area contributed by atoms with E-state index in [1.165, 1.54) is 32.8 Å². The summed E-state index contributed by atoms with van der Waals surface area (Å²) in [7, 11) is 1.32. The van der Waals surface area contributed by atoms with Crippen LogP contribution in [0.1, 0.15) is 48.9 Å². The van der Waals surface area contributed by atoms with Crippen molar-refractivity contribution in [2.24, 2.45) is 0 Å². The maximum absolute atomic E-state index is 12.1. The van der Waals surface area contributed by atoms with E-state index < -0.39 is 5.97 Å². The molecule has 0 atom stereocenters. The Labute approximate surface area is 141 Å². The molecular weight excluding hydrogens is 316 g/mol. The Kier molecular flexibility index (Phi) is 6.71. The van der Waals surface area contributed by atoms with Gasteiger partial charge in [-0.15, -0.1) is 0 Å². The van der Waals surface area contributed by atoms with Crippen molar-refractivity contribution in [3.8, 4) is 0 Å². The monoisotopic (exact) mass is 338 g/mol. The summed E-state index contributed by atoms with van der Waals surface area (Å²) in [6, 6.07) is 5.06. The first-order valence-electron chi connectivity index (χ1n) is 8.01. The standard InChI is InChI=1S/C17H23ClN2O3/c1-23-17(22)12-8-9-14(18)15(10-12)19-11-16(21)20-13-6-4-2-3-5-7-13/h8-10,13,19H,2-7,11H2,1H3,(H,20,21). The van der Waals surface area contributed by atoms with Crippen LogP contribution in [0.5, 0.6) is 0 Å². The maximum Gasteiger partial charge on any atom is 0.337 e. The van der Waals surface area contributed by atoms with Crippen LogP contribution in [0.2, 0.25) is 5.02 Å². The highest BCUT2D eigenvalue weighted by Crippen LogP contribution is 2.23. The van der Waals surface area contributed by atoms with Crippen molar-refractivity contribution in [3.05, 3.63) is 28.8 Å². The molecule has 0 unspecified atom stereocenters. The number of halogens is 1. The average molecular weight is 339 g/mol. The third-order valence-electron chi connectivity index (χ3n) is 4.05. The number of amides is 1. The third-order valence-corrected chi connectivity index (χ3v) is 4.38. The second-order valence-electron chi connectivity index (χ2n) is 5.80. The molecule has 0 saturated heterocycles. The van der Waals surface area contributed by atoms with Gasteiger partial charge in [0.2, 0.25) is 5.91 Å². The molecule has 1 aliphatic rings. The minimum Gasteiger partial charge on any atom is -0.465 e. The van der Waals surface area contributed by atoms with Crippen molar-refractivity contribution in [2.45, 2.75) is 44.6 Å². The van der Waals surface area contributed by atoms with Crippen molar-refractivity contribution < 1.29 is 14.3 Å². The first-order chi connectivity index (χ1) is 11.1. The van der Waals surface area contributed by atoms with E-state index in [9.17, 15) is 9.59 Å². The molecule has 0 heterocycles. The zero-order valence-electron chi connectivity index (χ0n) is 13.4. The normalized spacial score (nSPS) is 15.6. The molecule has 2 rings (SSSR count). The summed E-state index contributed by atoms with van der Waals surface area (Å²) in [5.74, 6) is -0.496. The second-order valence-corrected chi connectivity index (χ2v) is 6.20. The Morgan fingerprint density at radius 1 is 1.22 bits per heavy atom. The van der Waals surface area contributed by atoms with Gasteiger partial charge in [0.05, 0.1) is 29.9 Å². The number of rotatable bonds is 5. The summed E-state index contributed by atoms with van der Waals surface area (Å²) in [6.07, 6.45) is 6.94. The summed E-state index contributed by atoms with van der Waals surface area (Å²) in [5, 5.41) is 6.50. The molecule has 2 N–H and O–H groups in total. The summed E-state index contributed by atoms with van der Waals surface area (Å²) in [5.41, 5.74) is 0.939. The summed E-state index contributed by atoms with van der Waals surface area (Å²) in [4.78, 5) is 23.6. The fourth-order valence-corrected chi connectivity index (χ4v) is 2.97. The quantitative estimate of drug-likeness (QED) is 0.638.